The van der Waals surface area contributed by atoms with Gasteiger partial charge < -0.3 is 30.5 Å². The fraction of sp³-hybridized carbons (Fsp3) is 0.296. The Kier molecular flexibility index (Phi) is 9.03. The van der Waals surface area contributed by atoms with Crippen molar-refractivity contribution in [2.75, 3.05) is 37.0 Å². The number of amides is 1. The van der Waals surface area contributed by atoms with Crippen LogP contribution >= 0.6 is 27.3 Å². The summed E-state index contributed by atoms with van der Waals surface area (Å²) in [5.41, 5.74) is 2.23. The van der Waals surface area contributed by atoms with Crippen LogP contribution in [-0.2, 0) is 9.59 Å². The number of piperidine rings is 1. The number of ether oxygens (including phenoxy) is 1. The first-order valence-electron chi connectivity index (χ1n) is 12.1. The number of aliphatic carboxylic acids is 1. The summed E-state index contributed by atoms with van der Waals surface area (Å²) in [6, 6.07) is 16.4. The molecule has 2 heterocycles. The minimum absolute atomic E-state index is 0.0227. The third kappa shape index (κ3) is 6.35. The van der Waals surface area contributed by atoms with Crippen LogP contribution in [0.1, 0.15) is 22.5 Å². The number of anilines is 2. The van der Waals surface area contributed by atoms with E-state index >= 15 is 0 Å². The van der Waals surface area contributed by atoms with Crippen LogP contribution in [0.2, 0.25) is 0 Å². The number of rotatable bonds is 10. The van der Waals surface area contributed by atoms with Crippen LogP contribution < -0.4 is 20.3 Å². The molecule has 1 unspecified atom stereocenters. The number of carbonyl (C=O) groups excluding carboxylic acids is 1. The normalized spacial score (nSPS) is 14.5. The van der Waals surface area contributed by atoms with Crippen LogP contribution in [0.3, 0.4) is 0 Å². The smallest absolute Gasteiger partial charge is 0.349 e. The molecule has 11 heteroatoms. The molecular formula is C27H28BrN3O6S. The third-order valence-electron chi connectivity index (χ3n) is 6.39. The lowest BCUT2D eigenvalue weighted by Gasteiger charge is -2.33. The van der Waals surface area contributed by atoms with Gasteiger partial charge in [0.1, 0.15) is 6.04 Å². The highest BCUT2D eigenvalue weighted by Crippen LogP contribution is 2.46. The molecule has 0 spiro atoms. The number of hydrogen-bond acceptors (Lipinski definition) is 7. The predicted octanol–water partition coefficient (Wildman–Crippen LogP) is 4.78. The quantitative estimate of drug-likeness (QED) is 0.261. The van der Waals surface area contributed by atoms with Gasteiger partial charge in [0.2, 0.25) is 5.91 Å². The highest BCUT2D eigenvalue weighted by atomic mass is 79.9. The largest absolute Gasteiger partial charge is 0.479 e. The van der Waals surface area contributed by atoms with Gasteiger partial charge in [0.15, 0.2) is 17.2 Å². The van der Waals surface area contributed by atoms with Crippen molar-refractivity contribution in [3.05, 3.63) is 63.9 Å². The fourth-order valence-corrected chi connectivity index (χ4v) is 6.35. The molecule has 3 aromatic rings. The maximum atomic E-state index is 13.7. The predicted molar refractivity (Wildman–Crippen MR) is 150 cm³/mol. The van der Waals surface area contributed by atoms with Crippen molar-refractivity contribution in [1.29, 1.82) is 0 Å². The van der Waals surface area contributed by atoms with E-state index in [0.717, 1.165) is 43.0 Å². The van der Waals surface area contributed by atoms with Gasteiger partial charge in [-0.1, -0.05) is 30.3 Å². The van der Waals surface area contributed by atoms with E-state index in [2.05, 4.69) is 26.6 Å². The van der Waals surface area contributed by atoms with Crippen LogP contribution in [0.5, 0.6) is 5.75 Å². The average Bonchev–Trinajstić information content (AvgIpc) is 3.27. The Morgan fingerprint density at radius 3 is 2.50 bits per heavy atom. The maximum Gasteiger partial charge on any atom is 0.349 e. The Labute approximate surface area is 232 Å². The standard InChI is InChI=1S/C27H28BrN3O6S/c1-31(19-8-3-2-4-9-19)26(34)22(16-10-12-29-13-11-16)30-18-7-5-6-17(14-18)24-21(28)23(37-15-20(32)33)25(38-24)27(35)36/h2-9,14,16,22,29-30H,10-13,15H2,1H3,(H,32,33)(H,35,36). The topological polar surface area (TPSA) is 128 Å². The van der Waals surface area contributed by atoms with Gasteiger partial charge in [-0.3, -0.25) is 4.79 Å². The Balaban J connectivity index is 1.64. The zero-order valence-corrected chi connectivity index (χ0v) is 23.0. The summed E-state index contributed by atoms with van der Waals surface area (Å²) in [6.45, 7) is 1.01. The van der Waals surface area contributed by atoms with Crippen LogP contribution in [0.4, 0.5) is 11.4 Å². The van der Waals surface area contributed by atoms with E-state index in [0.29, 0.717) is 20.6 Å². The molecular weight excluding hydrogens is 574 g/mol. The van der Waals surface area contributed by atoms with Crippen molar-refractivity contribution in [2.24, 2.45) is 5.92 Å². The van der Waals surface area contributed by atoms with E-state index in [-0.39, 0.29) is 22.5 Å². The molecule has 4 rings (SSSR count). The van der Waals surface area contributed by atoms with Gasteiger partial charge in [-0.2, -0.15) is 0 Å². The second-order valence-electron chi connectivity index (χ2n) is 8.91. The number of likely N-dealkylation sites (N-methyl/N-ethyl adjacent to an activating group) is 1. The molecule has 4 N–H and O–H groups in total. The second-order valence-corrected chi connectivity index (χ2v) is 10.7. The van der Waals surface area contributed by atoms with Gasteiger partial charge in [-0.05, 0) is 77.6 Å². The fourth-order valence-electron chi connectivity index (χ4n) is 4.46. The van der Waals surface area contributed by atoms with Crippen LogP contribution in [0.25, 0.3) is 10.4 Å². The number of benzene rings is 2. The zero-order valence-electron chi connectivity index (χ0n) is 20.6. The monoisotopic (exact) mass is 601 g/mol. The molecule has 9 nitrogen and oxygen atoms in total. The number of hydrogen-bond donors (Lipinski definition) is 4. The molecule has 1 aliphatic heterocycles. The van der Waals surface area contributed by atoms with E-state index < -0.39 is 24.6 Å². The van der Waals surface area contributed by atoms with E-state index in [4.69, 9.17) is 9.84 Å². The molecule has 1 aromatic heterocycles. The number of para-hydroxylation sites is 1. The molecule has 1 fully saturated rings. The zero-order chi connectivity index (χ0) is 27.2. The number of carboxylic acids is 2. The minimum Gasteiger partial charge on any atom is -0.479 e. The molecule has 1 aliphatic rings. The summed E-state index contributed by atoms with van der Waals surface area (Å²) in [5, 5.41) is 25.4. The highest BCUT2D eigenvalue weighted by molar-refractivity contribution is 9.10. The van der Waals surface area contributed by atoms with Crippen molar-refractivity contribution in [3.8, 4) is 16.2 Å². The lowest BCUT2D eigenvalue weighted by molar-refractivity contribution is -0.139. The van der Waals surface area contributed by atoms with E-state index in [9.17, 15) is 19.5 Å². The average molecular weight is 603 g/mol. The van der Waals surface area contributed by atoms with Gasteiger partial charge in [0.25, 0.3) is 0 Å². The molecule has 0 radical (unpaired) electrons. The first kappa shape index (κ1) is 27.6. The van der Waals surface area contributed by atoms with Crippen LogP contribution in [0, 0.1) is 5.92 Å². The number of aromatic carboxylic acids is 1. The van der Waals surface area contributed by atoms with E-state index in [1.807, 2.05) is 54.6 Å². The van der Waals surface area contributed by atoms with Crippen molar-refractivity contribution in [3.63, 3.8) is 0 Å². The molecule has 1 atom stereocenters. The first-order chi connectivity index (χ1) is 18.3. The van der Waals surface area contributed by atoms with Crippen molar-refractivity contribution >= 4 is 56.5 Å². The molecule has 1 amide bonds. The van der Waals surface area contributed by atoms with Crippen LogP contribution in [-0.4, -0.2) is 60.8 Å². The summed E-state index contributed by atoms with van der Waals surface area (Å²) in [4.78, 5) is 38.7. The van der Waals surface area contributed by atoms with Gasteiger partial charge in [0, 0.05) is 18.4 Å². The van der Waals surface area contributed by atoms with Crippen LogP contribution in [0.15, 0.2) is 59.1 Å². The van der Waals surface area contributed by atoms with Crippen molar-refractivity contribution in [2.45, 2.75) is 18.9 Å². The molecule has 200 valence electrons. The summed E-state index contributed by atoms with van der Waals surface area (Å²) >= 11 is 4.39. The third-order valence-corrected chi connectivity index (χ3v) is 8.61. The molecule has 38 heavy (non-hydrogen) atoms. The summed E-state index contributed by atoms with van der Waals surface area (Å²) in [6.07, 6.45) is 1.71. The number of halogens is 1. The molecule has 0 saturated carbocycles. The lowest BCUT2D eigenvalue weighted by atomic mass is 9.89. The molecule has 0 aliphatic carbocycles. The summed E-state index contributed by atoms with van der Waals surface area (Å²) in [5.74, 6) is -2.35. The van der Waals surface area contributed by atoms with E-state index in [1.54, 1.807) is 11.9 Å². The lowest BCUT2D eigenvalue weighted by Crippen LogP contribution is -2.48. The SMILES string of the molecule is CN(C(=O)C(Nc1cccc(-c2sc(C(=O)O)c(OCC(=O)O)c2Br)c1)C1CCNCC1)c1ccccc1. The first-order valence-corrected chi connectivity index (χ1v) is 13.7. The Bertz CT molecular complexity index is 1310. The molecule has 1 saturated heterocycles. The Morgan fingerprint density at radius 1 is 1.13 bits per heavy atom. The van der Waals surface area contributed by atoms with Crippen molar-refractivity contribution in [1.82, 2.24) is 5.32 Å². The molecule has 2 aromatic carbocycles. The number of nitrogens with zero attached hydrogens (tertiary/aromatic N) is 1. The van der Waals surface area contributed by atoms with Gasteiger partial charge in [0.05, 0.1) is 9.35 Å². The minimum atomic E-state index is -1.21. The van der Waals surface area contributed by atoms with Gasteiger partial charge in [-0.25, -0.2) is 9.59 Å². The summed E-state index contributed by atoms with van der Waals surface area (Å²) < 4.78 is 5.65. The summed E-state index contributed by atoms with van der Waals surface area (Å²) in [7, 11) is 1.78. The van der Waals surface area contributed by atoms with Crippen molar-refractivity contribution < 1.29 is 29.3 Å². The number of thiophene rings is 1. The molecule has 0 bridgehead atoms. The highest BCUT2D eigenvalue weighted by Gasteiger charge is 2.32. The number of carbonyl (C=O) groups is 3. The van der Waals surface area contributed by atoms with Gasteiger partial charge in [-0.15, -0.1) is 11.3 Å². The van der Waals surface area contributed by atoms with E-state index in [1.165, 1.54) is 0 Å². The maximum absolute atomic E-state index is 13.7. The number of nitrogens with one attached hydrogen (secondary N) is 2. The number of carboxylic acid groups (broad SMARTS) is 2. The Morgan fingerprint density at radius 2 is 1.84 bits per heavy atom. The Hall–Kier alpha value is -3.41. The second kappa shape index (κ2) is 12.4. The van der Waals surface area contributed by atoms with Gasteiger partial charge >= 0.3 is 11.9 Å².